The molecular weight excluding hydrogens is 276 g/mol. The first-order chi connectivity index (χ1) is 10.1. The van der Waals surface area contributed by atoms with Gasteiger partial charge in [-0.15, -0.1) is 0 Å². The smallest absolute Gasteiger partial charge is 0.265 e. The van der Waals surface area contributed by atoms with Crippen LogP contribution in [0.1, 0.15) is 5.56 Å². The van der Waals surface area contributed by atoms with Crippen LogP contribution < -0.4 is 9.64 Å². The quantitative estimate of drug-likeness (QED) is 0.869. The Bertz CT molecular complexity index is 688. The van der Waals surface area contributed by atoms with Crippen LogP contribution in [0.5, 0.6) is 5.75 Å². The van der Waals surface area contributed by atoms with E-state index in [0.29, 0.717) is 18.7 Å². The van der Waals surface area contributed by atoms with Crippen molar-refractivity contribution in [2.45, 2.75) is 6.42 Å². The Labute approximate surface area is 120 Å². The molecule has 1 amide bonds. The molecule has 2 aromatic rings. The van der Waals surface area contributed by atoms with Crippen molar-refractivity contribution >= 4 is 11.6 Å². The predicted molar refractivity (Wildman–Crippen MR) is 74.4 cm³/mol. The number of anilines is 1. The van der Waals surface area contributed by atoms with Gasteiger partial charge in [-0.3, -0.25) is 4.79 Å². The number of ether oxygens (including phenoxy) is 1. The van der Waals surface area contributed by atoms with Gasteiger partial charge in [0.2, 0.25) is 0 Å². The second-order valence-corrected chi connectivity index (χ2v) is 4.79. The monoisotopic (exact) mass is 289 g/mol. The zero-order valence-electron chi connectivity index (χ0n) is 11.2. The molecule has 21 heavy (non-hydrogen) atoms. The number of rotatable bonds is 3. The third-order valence-corrected chi connectivity index (χ3v) is 3.40. The van der Waals surface area contributed by atoms with E-state index in [9.17, 15) is 13.6 Å². The van der Waals surface area contributed by atoms with Crippen LogP contribution in [0.2, 0.25) is 0 Å². The van der Waals surface area contributed by atoms with Crippen LogP contribution in [-0.2, 0) is 11.2 Å². The van der Waals surface area contributed by atoms with Gasteiger partial charge >= 0.3 is 0 Å². The Hall–Kier alpha value is -2.43. The fourth-order valence-electron chi connectivity index (χ4n) is 2.44. The Morgan fingerprint density at radius 1 is 1.19 bits per heavy atom. The zero-order chi connectivity index (χ0) is 14.8. The average Bonchev–Trinajstić information content (AvgIpc) is 2.90. The minimum absolute atomic E-state index is 0.253. The summed E-state index contributed by atoms with van der Waals surface area (Å²) in [5, 5.41) is 0. The van der Waals surface area contributed by atoms with E-state index < -0.39 is 11.6 Å². The first kappa shape index (κ1) is 13.5. The van der Waals surface area contributed by atoms with Crippen molar-refractivity contribution in [2.24, 2.45) is 0 Å². The highest BCUT2D eigenvalue weighted by Gasteiger charge is 2.27. The number of para-hydroxylation sites is 1. The van der Waals surface area contributed by atoms with Crippen LogP contribution in [0.3, 0.4) is 0 Å². The molecule has 3 nitrogen and oxygen atoms in total. The number of hydrogen-bond donors (Lipinski definition) is 0. The number of hydrogen-bond acceptors (Lipinski definition) is 2. The topological polar surface area (TPSA) is 29.5 Å². The van der Waals surface area contributed by atoms with Crippen molar-refractivity contribution in [1.29, 1.82) is 0 Å². The van der Waals surface area contributed by atoms with Gasteiger partial charge in [-0.2, -0.15) is 0 Å². The van der Waals surface area contributed by atoms with Crippen LogP contribution in [0.15, 0.2) is 42.5 Å². The summed E-state index contributed by atoms with van der Waals surface area (Å²) in [4.78, 5) is 13.5. The highest BCUT2D eigenvalue weighted by molar-refractivity contribution is 5.96. The number of benzene rings is 2. The number of carbonyl (C=O) groups excluding carboxylic acids is 1. The first-order valence-corrected chi connectivity index (χ1v) is 6.61. The Kier molecular flexibility index (Phi) is 3.56. The summed E-state index contributed by atoms with van der Waals surface area (Å²) < 4.78 is 32.1. The Morgan fingerprint density at radius 3 is 2.81 bits per heavy atom. The van der Waals surface area contributed by atoms with E-state index in [1.54, 1.807) is 18.2 Å². The van der Waals surface area contributed by atoms with Crippen molar-refractivity contribution in [3.8, 4) is 5.75 Å². The number of carbonyl (C=O) groups is 1. The highest BCUT2D eigenvalue weighted by atomic mass is 19.1. The molecule has 0 saturated heterocycles. The lowest BCUT2D eigenvalue weighted by atomic mass is 10.1. The highest BCUT2D eigenvalue weighted by Crippen LogP contribution is 2.30. The zero-order valence-corrected chi connectivity index (χ0v) is 11.2. The molecule has 3 rings (SSSR count). The molecule has 0 unspecified atom stereocenters. The lowest BCUT2D eigenvalue weighted by Crippen LogP contribution is -2.33. The number of amides is 1. The molecule has 1 heterocycles. The van der Waals surface area contributed by atoms with Crippen molar-refractivity contribution in [1.82, 2.24) is 0 Å². The molecule has 0 saturated carbocycles. The number of nitrogens with zero attached hydrogens (tertiary/aromatic N) is 1. The summed E-state index contributed by atoms with van der Waals surface area (Å²) >= 11 is 0. The molecular formula is C16H13F2NO2. The van der Waals surface area contributed by atoms with Crippen molar-refractivity contribution in [3.05, 3.63) is 59.7 Å². The van der Waals surface area contributed by atoms with Crippen LogP contribution >= 0.6 is 0 Å². The molecule has 0 N–H and O–H groups in total. The molecule has 2 aromatic carbocycles. The fourth-order valence-corrected chi connectivity index (χ4v) is 2.44. The second-order valence-electron chi connectivity index (χ2n) is 4.79. The molecule has 0 radical (unpaired) electrons. The van der Waals surface area contributed by atoms with Gasteiger partial charge in [0.15, 0.2) is 6.61 Å². The van der Waals surface area contributed by atoms with E-state index in [-0.39, 0.29) is 18.3 Å². The summed E-state index contributed by atoms with van der Waals surface area (Å²) in [5.41, 5.74) is 1.14. The van der Waals surface area contributed by atoms with Crippen LogP contribution in [0.4, 0.5) is 14.5 Å². The lowest BCUT2D eigenvalue weighted by molar-refractivity contribution is -0.120. The maximum Gasteiger partial charge on any atom is 0.265 e. The maximum atomic E-state index is 13.8. The largest absolute Gasteiger partial charge is 0.484 e. The Morgan fingerprint density at radius 2 is 2.00 bits per heavy atom. The molecule has 0 bridgehead atoms. The third kappa shape index (κ3) is 2.72. The molecule has 0 aromatic heterocycles. The molecule has 5 heteroatoms. The molecule has 108 valence electrons. The van der Waals surface area contributed by atoms with Crippen molar-refractivity contribution in [2.75, 3.05) is 18.1 Å². The van der Waals surface area contributed by atoms with Crippen molar-refractivity contribution < 1.29 is 18.3 Å². The standard InChI is InChI=1S/C16H13F2NO2/c17-12-4-2-5-13(9-12)21-10-15(20)19-8-7-11-3-1-6-14(18)16(11)19/h1-6,9H,7-8,10H2. The van der Waals surface area contributed by atoms with Gasteiger partial charge in [0.25, 0.3) is 5.91 Å². The average molecular weight is 289 g/mol. The van der Waals surface area contributed by atoms with E-state index in [1.165, 1.54) is 29.2 Å². The minimum Gasteiger partial charge on any atom is -0.484 e. The van der Waals surface area contributed by atoms with E-state index >= 15 is 0 Å². The van der Waals surface area contributed by atoms with E-state index in [1.807, 2.05) is 0 Å². The molecule has 0 spiro atoms. The molecule has 0 fully saturated rings. The van der Waals surface area contributed by atoms with Gasteiger partial charge in [0.1, 0.15) is 17.4 Å². The maximum absolute atomic E-state index is 13.8. The number of halogens is 2. The lowest BCUT2D eigenvalue weighted by Gasteiger charge is -2.18. The summed E-state index contributed by atoms with van der Waals surface area (Å²) in [7, 11) is 0. The number of fused-ring (bicyclic) bond motifs is 1. The molecule has 1 aliphatic heterocycles. The second kappa shape index (κ2) is 5.52. The summed E-state index contributed by atoms with van der Waals surface area (Å²) in [5.74, 6) is -0.916. The van der Waals surface area contributed by atoms with E-state index in [2.05, 4.69) is 0 Å². The van der Waals surface area contributed by atoms with Gasteiger partial charge in [-0.25, -0.2) is 8.78 Å². The van der Waals surface area contributed by atoms with Gasteiger partial charge in [-0.05, 0) is 30.2 Å². The van der Waals surface area contributed by atoms with Crippen LogP contribution in [0, 0.1) is 11.6 Å². The van der Waals surface area contributed by atoms with Gasteiger partial charge in [0, 0.05) is 12.6 Å². The van der Waals surface area contributed by atoms with Crippen LogP contribution in [0.25, 0.3) is 0 Å². The predicted octanol–water partition coefficient (Wildman–Crippen LogP) is 2.93. The van der Waals surface area contributed by atoms with Crippen molar-refractivity contribution in [3.63, 3.8) is 0 Å². The van der Waals surface area contributed by atoms with Crippen LogP contribution in [-0.4, -0.2) is 19.1 Å². The molecule has 0 aliphatic carbocycles. The SMILES string of the molecule is O=C(COc1cccc(F)c1)N1CCc2cccc(F)c21. The molecule has 0 atom stereocenters. The summed E-state index contributed by atoms with van der Waals surface area (Å²) in [6.07, 6.45) is 0.624. The minimum atomic E-state index is -0.433. The van der Waals surface area contributed by atoms with E-state index in [0.717, 1.165) is 5.56 Å². The summed E-state index contributed by atoms with van der Waals surface area (Å²) in [6.45, 7) is 0.179. The summed E-state index contributed by atoms with van der Waals surface area (Å²) in [6, 6.07) is 10.3. The Balaban J connectivity index is 1.71. The fraction of sp³-hybridized carbons (Fsp3) is 0.188. The van der Waals surface area contributed by atoms with Gasteiger partial charge < -0.3 is 9.64 Å². The van der Waals surface area contributed by atoms with Gasteiger partial charge in [0.05, 0.1) is 5.69 Å². The first-order valence-electron chi connectivity index (χ1n) is 6.61. The molecule has 1 aliphatic rings. The van der Waals surface area contributed by atoms with Gasteiger partial charge in [-0.1, -0.05) is 18.2 Å². The third-order valence-electron chi connectivity index (χ3n) is 3.40. The van der Waals surface area contributed by atoms with E-state index in [4.69, 9.17) is 4.74 Å². The normalized spacial score (nSPS) is 13.1.